The van der Waals surface area contributed by atoms with Crippen molar-refractivity contribution in [2.45, 2.75) is 32.2 Å². The lowest BCUT2D eigenvalue weighted by atomic mass is 10.00. The number of hydrogen-bond acceptors (Lipinski definition) is 3. The monoisotopic (exact) mass is 223 g/mol. The Morgan fingerprint density at radius 2 is 2.12 bits per heavy atom. The summed E-state index contributed by atoms with van der Waals surface area (Å²) in [6.07, 6.45) is 2.69. The van der Waals surface area contributed by atoms with Crippen LogP contribution < -0.4 is 10.5 Å². The first-order chi connectivity index (χ1) is 7.69. The normalized spacial score (nSPS) is 12.5. The number of aliphatic hydroxyl groups excluding tert-OH is 1. The Labute approximate surface area is 97.2 Å². The molecule has 1 aromatic carbocycles. The Balaban J connectivity index is 2.62. The van der Waals surface area contributed by atoms with Gasteiger partial charge in [-0.3, -0.25) is 0 Å². The minimum Gasteiger partial charge on any atom is -0.496 e. The Morgan fingerprint density at radius 3 is 2.69 bits per heavy atom. The van der Waals surface area contributed by atoms with Gasteiger partial charge in [0.25, 0.3) is 0 Å². The van der Waals surface area contributed by atoms with Crippen LogP contribution in [0.15, 0.2) is 18.2 Å². The highest BCUT2D eigenvalue weighted by molar-refractivity contribution is 5.37. The minimum absolute atomic E-state index is 0.0520. The van der Waals surface area contributed by atoms with Crippen LogP contribution in [-0.4, -0.2) is 18.8 Å². The van der Waals surface area contributed by atoms with Crippen LogP contribution in [0.2, 0.25) is 0 Å². The quantitative estimate of drug-likeness (QED) is 0.727. The first kappa shape index (κ1) is 13.0. The predicted molar refractivity (Wildman–Crippen MR) is 65.6 cm³/mol. The van der Waals surface area contributed by atoms with Crippen molar-refractivity contribution in [2.75, 3.05) is 13.7 Å². The molecule has 0 aliphatic carbocycles. The summed E-state index contributed by atoms with van der Waals surface area (Å²) in [5.41, 5.74) is 8.32. The van der Waals surface area contributed by atoms with Crippen molar-refractivity contribution in [1.29, 1.82) is 0 Å². The van der Waals surface area contributed by atoms with Crippen molar-refractivity contribution in [2.24, 2.45) is 5.73 Å². The molecule has 1 rings (SSSR count). The van der Waals surface area contributed by atoms with Gasteiger partial charge in [0.1, 0.15) is 5.75 Å². The van der Waals surface area contributed by atoms with Gasteiger partial charge in [-0.1, -0.05) is 12.1 Å². The molecule has 90 valence electrons. The van der Waals surface area contributed by atoms with Gasteiger partial charge in [-0.2, -0.15) is 0 Å². The van der Waals surface area contributed by atoms with Crippen molar-refractivity contribution in [3.05, 3.63) is 29.3 Å². The Bertz CT molecular complexity index is 326. The van der Waals surface area contributed by atoms with Gasteiger partial charge >= 0.3 is 0 Å². The van der Waals surface area contributed by atoms with Gasteiger partial charge in [0.2, 0.25) is 0 Å². The molecule has 3 nitrogen and oxygen atoms in total. The van der Waals surface area contributed by atoms with Crippen LogP contribution in [0.4, 0.5) is 0 Å². The topological polar surface area (TPSA) is 55.5 Å². The van der Waals surface area contributed by atoms with Crippen LogP contribution >= 0.6 is 0 Å². The summed E-state index contributed by atoms with van der Waals surface area (Å²) in [4.78, 5) is 0. The zero-order valence-corrected chi connectivity index (χ0v) is 10.1. The standard InChI is InChI=1S/C13H21NO2/c1-10-9-11(6-7-13(10)16-2)12(14)5-3-4-8-15/h6-7,9,12,15H,3-5,8,14H2,1-2H3. The molecule has 1 aromatic rings. The molecule has 0 fully saturated rings. The van der Waals surface area contributed by atoms with Gasteiger partial charge in [-0.15, -0.1) is 0 Å². The Morgan fingerprint density at radius 1 is 1.38 bits per heavy atom. The third kappa shape index (κ3) is 3.51. The molecular formula is C13H21NO2. The maximum Gasteiger partial charge on any atom is 0.121 e. The third-order valence-electron chi connectivity index (χ3n) is 2.77. The molecule has 16 heavy (non-hydrogen) atoms. The van der Waals surface area contributed by atoms with Crippen LogP contribution in [0.3, 0.4) is 0 Å². The number of hydrogen-bond donors (Lipinski definition) is 2. The largest absolute Gasteiger partial charge is 0.496 e. The number of unbranched alkanes of at least 4 members (excludes halogenated alkanes) is 1. The van der Waals surface area contributed by atoms with Gasteiger partial charge in [0.15, 0.2) is 0 Å². The number of rotatable bonds is 6. The fourth-order valence-electron chi connectivity index (χ4n) is 1.77. The molecule has 0 heterocycles. The highest BCUT2D eigenvalue weighted by atomic mass is 16.5. The van der Waals surface area contributed by atoms with Crippen molar-refractivity contribution < 1.29 is 9.84 Å². The number of nitrogens with two attached hydrogens (primary N) is 1. The van der Waals surface area contributed by atoms with Gasteiger partial charge in [0.05, 0.1) is 7.11 Å². The summed E-state index contributed by atoms with van der Waals surface area (Å²) in [5, 5.41) is 8.70. The summed E-state index contributed by atoms with van der Waals surface area (Å²) in [6.45, 7) is 2.26. The molecule has 0 saturated carbocycles. The van der Waals surface area contributed by atoms with Crippen molar-refractivity contribution in [3.8, 4) is 5.75 Å². The Kier molecular flexibility index (Phi) is 5.29. The lowest BCUT2D eigenvalue weighted by Gasteiger charge is -2.13. The van der Waals surface area contributed by atoms with E-state index in [1.165, 1.54) is 0 Å². The molecule has 1 atom stereocenters. The van der Waals surface area contributed by atoms with Crippen LogP contribution in [0.5, 0.6) is 5.75 Å². The van der Waals surface area contributed by atoms with E-state index in [-0.39, 0.29) is 12.6 Å². The van der Waals surface area contributed by atoms with E-state index in [0.29, 0.717) is 0 Å². The smallest absolute Gasteiger partial charge is 0.121 e. The zero-order valence-electron chi connectivity index (χ0n) is 10.1. The van der Waals surface area contributed by atoms with E-state index in [4.69, 9.17) is 15.6 Å². The first-order valence-electron chi connectivity index (χ1n) is 5.70. The molecule has 3 heteroatoms. The average molecular weight is 223 g/mol. The SMILES string of the molecule is COc1ccc(C(N)CCCCO)cc1C. The fourth-order valence-corrected chi connectivity index (χ4v) is 1.77. The van der Waals surface area contributed by atoms with Crippen LogP contribution in [0, 0.1) is 6.92 Å². The second-order valence-electron chi connectivity index (χ2n) is 4.05. The molecule has 1 unspecified atom stereocenters. The van der Waals surface area contributed by atoms with Gasteiger partial charge in [-0.25, -0.2) is 0 Å². The molecule has 0 bridgehead atoms. The second kappa shape index (κ2) is 6.51. The van der Waals surface area contributed by atoms with E-state index in [2.05, 4.69) is 6.07 Å². The summed E-state index contributed by atoms with van der Waals surface area (Å²) < 4.78 is 5.20. The Hall–Kier alpha value is -1.06. The molecule has 0 amide bonds. The third-order valence-corrected chi connectivity index (χ3v) is 2.77. The van der Waals surface area contributed by atoms with E-state index >= 15 is 0 Å². The predicted octanol–water partition coefficient (Wildman–Crippen LogP) is 2.17. The summed E-state index contributed by atoms with van der Waals surface area (Å²) in [6, 6.07) is 6.09. The van der Waals surface area contributed by atoms with E-state index < -0.39 is 0 Å². The average Bonchev–Trinajstić information content (AvgIpc) is 2.29. The first-order valence-corrected chi connectivity index (χ1v) is 5.70. The molecule has 3 N–H and O–H groups in total. The highest BCUT2D eigenvalue weighted by Crippen LogP contribution is 2.23. The van der Waals surface area contributed by atoms with Crippen LogP contribution in [0.25, 0.3) is 0 Å². The number of aryl methyl sites for hydroxylation is 1. The van der Waals surface area contributed by atoms with E-state index in [1.807, 2.05) is 19.1 Å². The number of ether oxygens (including phenoxy) is 1. The maximum atomic E-state index is 8.70. The molecule has 0 aromatic heterocycles. The lowest BCUT2D eigenvalue weighted by molar-refractivity contribution is 0.281. The lowest BCUT2D eigenvalue weighted by Crippen LogP contribution is -2.10. The molecule has 0 saturated heterocycles. The molecule has 0 aliphatic heterocycles. The second-order valence-corrected chi connectivity index (χ2v) is 4.05. The summed E-state index contributed by atoms with van der Waals surface area (Å²) in [5.74, 6) is 0.895. The van der Waals surface area contributed by atoms with Crippen molar-refractivity contribution in [3.63, 3.8) is 0 Å². The maximum absolute atomic E-state index is 8.70. The van der Waals surface area contributed by atoms with Crippen LogP contribution in [-0.2, 0) is 0 Å². The van der Waals surface area contributed by atoms with Gasteiger partial charge < -0.3 is 15.6 Å². The number of methoxy groups -OCH3 is 1. The zero-order chi connectivity index (χ0) is 12.0. The molecule has 0 radical (unpaired) electrons. The van der Waals surface area contributed by atoms with Gasteiger partial charge in [0, 0.05) is 12.6 Å². The van der Waals surface area contributed by atoms with Gasteiger partial charge in [-0.05, 0) is 43.4 Å². The van der Waals surface area contributed by atoms with E-state index in [9.17, 15) is 0 Å². The fraction of sp³-hybridized carbons (Fsp3) is 0.538. The molecular weight excluding hydrogens is 202 g/mol. The van der Waals surface area contributed by atoms with Crippen molar-refractivity contribution in [1.82, 2.24) is 0 Å². The highest BCUT2D eigenvalue weighted by Gasteiger charge is 2.07. The van der Waals surface area contributed by atoms with E-state index in [1.54, 1.807) is 7.11 Å². The van der Waals surface area contributed by atoms with Crippen LogP contribution in [0.1, 0.15) is 36.4 Å². The van der Waals surface area contributed by atoms with Crippen molar-refractivity contribution >= 4 is 0 Å². The molecule has 0 spiro atoms. The summed E-state index contributed by atoms with van der Waals surface area (Å²) in [7, 11) is 1.67. The number of aliphatic hydroxyl groups is 1. The number of benzene rings is 1. The summed E-state index contributed by atoms with van der Waals surface area (Å²) >= 11 is 0. The van der Waals surface area contributed by atoms with E-state index in [0.717, 1.165) is 36.1 Å². The molecule has 0 aliphatic rings. The minimum atomic E-state index is 0.0520.